The minimum Gasteiger partial charge on any atom is -0.307 e. The zero-order valence-corrected chi connectivity index (χ0v) is 13.5. The predicted molar refractivity (Wildman–Crippen MR) is 89.9 cm³/mol. The van der Waals surface area contributed by atoms with Crippen molar-refractivity contribution >= 4 is 0 Å². The number of rotatable bonds is 6. The van der Waals surface area contributed by atoms with Crippen molar-refractivity contribution in [3.8, 4) is 0 Å². The van der Waals surface area contributed by atoms with Crippen LogP contribution in [0.2, 0.25) is 0 Å². The second kappa shape index (κ2) is 6.81. The van der Waals surface area contributed by atoms with Crippen molar-refractivity contribution in [3.63, 3.8) is 0 Å². The Bertz CT molecular complexity index is 611. The third-order valence-electron chi connectivity index (χ3n) is 4.89. The molecular weight excluding hydrogens is 286 g/mol. The molecule has 2 aliphatic rings. The van der Waals surface area contributed by atoms with E-state index in [0.29, 0.717) is 12.0 Å². The van der Waals surface area contributed by atoms with Gasteiger partial charge in [-0.3, -0.25) is 10.00 Å². The molecule has 2 aromatic rings. The van der Waals surface area contributed by atoms with Gasteiger partial charge in [-0.2, -0.15) is 5.10 Å². The Hall–Kier alpha value is -1.72. The first-order valence-corrected chi connectivity index (χ1v) is 8.77. The molecule has 4 rings (SSSR count). The standard InChI is InChI=1S/C18H25N5/c1-2-4-14(5-3-1)13-23-10-8-16(9-11-23)19-12-17-20-18(22-21-17)15-6-7-15/h1-5,15-16,19H,6-13H2,(H,20,21,22). The van der Waals surface area contributed by atoms with Gasteiger partial charge in [-0.05, 0) is 44.3 Å². The molecule has 1 aromatic carbocycles. The first-order chi connectivity index (χ1) is 11.4. The van der Waals surface area contributed by atoms with Crippen molar-refractivity contribution in [2.45, 2.75) is 50.7 Å². The van der Waals surface area contributed by atoms with Crippen LogP contribution in [0.1, 0.15) is 48.8 Å². The molecule has 122 valence electrons. The second-order valence-electron chi connectivity index (χ2n) is 6.83. The molecule has 1 saturated carbocycles. The van der Waals surface area contributed by atoms with Crippen molar-refractivity contribution in [1.29, 1.82) is 0 Å². The predicted octanol–water partition coefficient (Wildman–Crippen LogP) is 2.44. The van der Waals surface area contributed by atoms with E-state index in [1.807, 2.05) is 0 Å². The Kier molecular flexibility index (Phi) is 4.39. The number of hydrogen-bond donors (Lipinski definition) is 2. The fourth-order valence-electron chi connectivity index (χ4n) is 3.29. The number of aromatic nitrogens is 3. The van der Waals surface area contributed by atoms with Gasteiger partial charge in [0.1, 0.15) is 5.82 Å². The summed E-state index contributed by atoms with van der Waals surface area (Å²) in [6, 6.07) is 11.3. The summed E-state index contributed by atoms with van der Waals surface area (Å²) in [5.74, 6) is 2.62. The van der Waals surface area contributed by atoms with Gasteiger partial charge < -0.3 is 5.32 Å². The molecule has 2 heterocycles. The highest BCUT2D eigenvalue weighted by Crippen LogP contribution is 2.37. The van der Waals surface area contributed by atoms with E-state index < -0.39 is 0 Å². The molecule has 0 spiro atoms. The highest BCUT2D eigenvalue weighted by Gasteiger charge is 2.27. The van der Waals surface area contributed by atoms with Crippen molar-refractivity contribution in [2.75, 3.05) is 13.1 Å². The minimum atomic E-state index is 0.594. The first kappa shape index (κ1) is 14.8. The average molecular weight is 311 g/mol. The molecule has 23 heavy (non-hydrogen) atoms. The van der Waals surface area contributed by atoms with E-state index in [1.54, 1.807) is 0 Å². The van der Waals surface area contributed by atoms with Crippen LogP contribution < -0.4 is 5.32 Å². The van der Waals surface area contributed by atoms with Crippen molar-refractivity contribution < 1.29 is 0 Å². The van der Waals surface area contributed by atoms with E-state index >= 15 is 0 Å². The molecule has 0 radical (unpaired) electrons. The molecule has 0 amide bonds. The van der Waals surface area contributed by atoms with E-state index in [0.717, 1.165) is 37.8 Å². The molecule has 5 nitrogen and oxygen atoms in total. The number of likely N-dealkylation sites (tertiary alicyclic amines) is 1. The quantitative estimate of drug-likeness (QED) is 0.860. The van der Waals surface area contributed by atoms with Gasteiger partial charge in [-0.1, -0.05) is 30.3 Å². The molecule has 0 bridgehead atoms. The van der Waals surface area contributed by atoms with E-state index in [9.17, 15) is 0 Å². The van der Waals surface area contributed by atoms with Crippen molar-refractivity contribution in [2.24, 2.45) is 0 Å². The Balaban J connectivity index is 1.20. The maximum absolute atomic E-state index is 4.59. The lowest BCUT2D eigenvalue weighted by Crippen LogP contribution is -2.42. The summed E-state index contributed by atoms with van der Waals surface area (Å²) in [5.41, 5.74) is 1.41. The molecule has 2 fully saturated rings. The number of aromatic amines is 1. The molecule has 1 aliphatic heterocycles. The van der Waals surface area contributed by atoms with Crippen LogP contribution in [0, 0.1) is 0 Å². The fraction of sp³-hybridized carbons (Fsp3) is 0.556. The Morgan fingerprint density at radius 2 is 1.87 bits per heavy atom. The van der Waals surface area contributed by atoms with Gasteiger partial charge >= 0.3 is 0 Å². The van der Waals surface area contributed by atoms with Gasteiger partial charge in [0.15, 0.2) is 5.82 Å². The van der Waals surface area contributed by atoms with Crippen molar-refractivity contribution in [1.82, 2.24) is 25.4 Å². The number of nitrogens with zero attached hydrogens (tertiary/aromatic N) is 3. The van der Waals surface area contributed by atoms with Crippen LogP contribution in [0.15, 0.2) is 30.3 Å². The Morgan fingerprint density at radius 1 is 1.09 bits per heavy atom. The molecule has 1 aliphatic carbocycles. The van der Waals surface area contributed by atoms with Gasteiger partial charge in [0.25, 0.3) is 0 Å². The molecule has 5 heteroatoms. The van der Waals surface area contributed by atoms with E-state index in [-0.39, 0.29) is 0 Å². The third kappa shape index (κ3) is 3.98. The zero-order chi connectivity index (χ0) is 15.5. The minimum absolute atomic E-state index is 0.594. The van der Waals surface area contributed by atoms with Gasteiger partial charge in [-0.25, -0.2) is 4.98 Å². The van der Waals surface area contributed by atoms with Crippen molar-refractivity contribution in [3.05, 3.63) is 47.5 Å². The largest absolute Gasteiger partial charge is 0.307 e. The van der Waals surface area contributed by atoms with Crippen LogP contribution in [0.4, 0.5) is 0 Å². The molecule has 1 aromatic heterocycles. The maximum atomic E-state index is 4.59. The summed E-state index contributed by atoms with van der Waals surface area (Å²) in [6.45, 7) is 4.20. The van der Waals surface area contributed by atoms with Crippen LogP contribution in [-0.2, 0) is 13.1 Å². The summed E-state index contributed by atoms with van der Waals surface area (Å²) in [5, 5.41) is 11.0. The highest BCUT2D eigenvalue weighted by molar-refractivity contribution is 5.14. The summed E-state index contributed by atoms with van der Waals surface area (Å²) in [7, 11) is 0. The monoisotopic (exact) mass is 311 g/mol. The summed E-state index contributed by atoms with van der Waals surface area (Å²) in [6.07, 6.45) is 4.92. The number of benzene rings is 1. The summed E-state index contributed by atoms with van der Waals surface area (Å²) >= 11 is 0. The number of H-pyrrole nitrogens is 1. The lowest BCUT2D eigenvalue weighted by molar-refractivity contribution is 0.189. The van der Waals surface area contributed by atoms with Crippen LogP contribution in [0.25, 0.3) is 0 Å². The number of nitrogens with one attached hydrogen (secondary N) is 2. The number of hydrogen-bond acceptors (Lipinski definition) is 4. The van der Waals surface area contributed by atoms with E-state index in [4.69, 9.17) is 0 Å². The SMILES string of the molecule is c1ccc(CN2CCC(NCc3nc(C4CC4)n[nH]3)CC2)cc1. The normalized spacial score (nSPS) is 20.0. The Labute approximate surface area is 137 Å². The Morgan fingerprint density at radius 3 is 2.61 bits per heavy atom. The van der Waals surface area contributed by atoms with E-state index in [1.165, 1.54) is 31.2 Å². The second-order valence-corrected chi connectivity index (χ2v) is 6.83. The average Bonchev–Trinajstić information content (AvgIpc) is 3.34. The van der Waals surface area contributed by atoms with Gasteiger partial charge in [0.05, 0.1) is 6.54 Å². The van der Waals surface area contributed by atoms with Crippen LogP contribution in [-0.4, -0.2) is 39.2 Å². The van der Waals surface area contributed by atoms with Gasteiger partial charge in [0, 0.05) is 18.5 Å². The fourth-order valence-corrected chi connectivity index (χ4v) is 3.29. The molecule has 0 unspecified atom stereocenters. The maximum Gasteiger partial charge on any atom is 0.153 e. The van der Waals surface area contributed by atoms with Crippen LogP contribution in [0.5, 0.6) is 0 Å². The van der Waals surface area contributed by atoms with E-state index in [2.05, 4.69) is 55.7 Å². The molecular formula is C18H25N5. The third-order valence-corrected chi connectivity index (χ3v) is 4.89. The topological polar surface area (TPSA) is 56.8 Å². The molecule has 2 N–H and O–H groups in total. The van der Waals surface area contributed by atoms with Gasteiger partial charge in [-0.15, -0.1) is 0 Å². The van der Waals surface area contributed by atoms with Crippen LogP contribution in [0.3, 0.4) is 0 Å². The lowest BCUT2D eigenvalue weighted by Gasteiger charge is -2.32. The molecule has 1 saturated heterocycles. The first-order valence-electron chi connectivity index (χ1n) is 8.77. The highest BCUT2D eigenvalue weighted by atomic mass is 15.2. The summed E-state index contributed by atoms with van der Waals surface area (Å²) < 4.78 is 0. The van der Waals surface area contributed by atoms with Crippen LogP contribution >= 0.6 is 0 Å². The summed E-state index contributed by atoms with van der Waals surface area (Å²) in [4.78, 5) is 7.14. The smallest absolute Gasteiger partial charge is 0.153 e. The lowest BCUT2D eigenvalue weighted by atomic mass is 10.0. The molecule has 0 atom stereocenters. The zero-order valence-electron chi connectivity index (χ0n) is 13.5. The number of piperidine rings is 1. The van der Waals surface area contributed by atoms with Gasteiger partial charge in [0.2, 0.25) is 0 Å².